The molecule has 1 unspecified atom stereocenters. The monoisotopic (exact) mass is 529 g/mol. The summed E-state index contributed by atoms with van der Waals surface area (Å²) in [6, 6.07) is 12.4. The molecule has 2 heterocycles. The third-order valence-electron chi connectivity index (χ3n) is 7.24. The molecule has 0 aromatic heterocycles. The van der Waals surface area contributed by atoms with E-state index in [0.717, 1.165) is 19.3 Å². The number of methoxy groups -OCH3 is 2. The summed E-state index contributed by atoms with van der Waals surface area (Å²) in [5.74, 6) is 0.649. The van der Waals surface area contributed by atoms with Gasteiger partial charge in [-0.05, 0) is 86.6 Å². The van der Waals surface area contributed by atoms with Crippen LogP contribution in [0.2, 0.25) is 0 Å². The molecule has 0 radical (unpaired) electrons. The molecular weight excluding hydrogens is 494 g/mol. The summed E-state index contributed by atoms with van der Waals surface area (Å²) in [5.41, 5.74) is 0.441. The van der Waals surface area contributed by atoms with Crippen molar-refractivity contribution in [1.82, 2.24) is 14.5 Å². The highest BCUT2D eigenvalue weighted by atomic mass is 32.2. The van der Waals surface area contributed by atoms with Crippen LogP contribution < -0.4 is 14.8 Å². The van der Waals surface area contributed by atoms with Gasteiger partial charge in [-0.15, -0.1) is 0 Å². The van der Waals surface area contributed by atoms with Crippen molar-refractivity contribution in [3.8, 4) is 11.5 Å². The lowest BCUT2D eigenvalue weighted by atomic mass is 9.88. The molecule has 37 heavy (non-hydrogen) atoms. The summed E-state index contributed by atoms with van der Waals surface area (Å²) < 4.78 is 38.1. The van der Waals surface area contributed by atoms with Crippen molar-refractivity contribution < 1.29 is 27.5 Å². The molecule has 0 aliphatic carbocycles. The van der Waals surface area contributed by atoms with Crippen LogP contribution in [0.25, 0.3) is 0 Å². The van der Waals surface area contributed by atoms with Crippen molar-refractivity contribution >= 4 is 21.8 Å². The van der Waals surface area contributed by atoms with Crippen LogP contribution in [-0.2, 0) is 14.8 Å². The lowest BCUT2D eigenvalue weighted by Gasteiger charge is -2.38. The standard InChI is InChI=1S/C27H35N3O6S/c1-35-22-8-6-21(7-9-22)26(31)28-25(27(32)29-16-4-3-5-17-29)20-14-18-30(19-15-20)37(33,34)24-12-10-23(36-2)11-13-24/h6-13,20,25H,3-5,14-19H2,1-2H3,(H,28,31). The highest BCUT2D eigenvalue weighted by Gasteiger charge is 2.38. The first kappa shape index (κ1) is 26.9. The SMILES string of the molecule is COc1ccc(C(=O)NC(C(=O)N2CCCCC2)C2CCN(S(=O)(=O)c3ccc(OC)cc3)CC2)cc1. The summed E-state index contributed by atoms with van der Waals surface area (Å²) in [4.78, 5) is 28.7. The van der Waals surface area contributed by atoms with E-state index in [-0.39, 0.29) is 35.7 Å². The van der Waals surface area contributed by atoms with Crippen molar-refractivity contribution in [2.45, 2.75) is 43.0 Å². The van der Waals surface area contributed by atoms with Gasteiger partial charge in [-0.1, -0.05) is 0 Å². The maximum Gasteiger partial charge on any atom is 0.251 e. The van der Waals surface area contributed by atoms with Crippen LogP contribution in [0.5, 0.6) is 11.5 Å². The molecule has 10 heteroatoms. The van der Waals surface area contributed by atoms with Gasteiger partial charge >= 0.3 is 0 Å². The third-order valence-corrected chi connectivity index (χ3v) is 9.15. The van der Waals surface area contributed by atoms with Crippen LogP contribution in [0, 0.1) is 5.92 Å². The first-order chi connectivity index (χ1) is 17.8. The highest BCUT2D eigenvalue weighted by molar-refractivity contribution is 7.89. The van der Waals surface area contributed by atoms with Gasteiger partial charge in [0.25, 0.3) is 5.91 Å². The van der Waals surface area contributed by atoms with Crippen molar-refractivity contribution in [2.24, 2.45) is 5.92 Å². The fraction of sp³-hybridized carbons (Fsp3) is 0.481. The molecule has 0 spiro atoms. The van der Waals surface area contributed by atoms with Gasteiger partial charge in [-0.2, -0.15) is 4.31 Å². The topological polar surface area (TPSA) is 105 Å². The van der Waals surface area contributed by atoms with E-state index >= 15 is 0 Å². The van der Waals surface area contributed by atoms with E-state index in [9.17, 15) is 18.0 Å². The molecule has 2 fully saturated rings. The number of hydrogen-bond donors (Lipinski definition) is 1. The van der Waals surface area contributed by atoms with E-state index < -0.39 is 16.1 Å². The summed E-state index contributed by atoms with van der Waals surface area (Å²) in [6.07, 6.45) is 3.94. The summed E-state index contributed by atoms with van der Waals surface area (Å²) in [5, 5.41) is 2.98. The molecule has 0 saturated carbocycles. The number of sulfonamides is 1. The van der Waals surface area contributed by atoms with Gasteiger partial charge in [0, 0.05) is 31.7 Å². The van der Waals surface area contributed by atoms with E-state index in [1.165, 1.54) is 23.5 Å². The first-order valence-corrected chi connectivity index (χ1v) is 14.2. The Hall–Kier alpha value is -3.11. The highest BCUT2D eigenvalue weighted by Crippen LogP contribution is 2.28. The molecule has 2 aromatic rings. The summed E-state index contributed by atoms with van der Waals surface area (Å²) >= 11 is 0. The van der Waals surface area contributed by atoms with Gasteiger partial charge in [-0.25, -0.2) is 8.42 Å². The molecule has 1 atom stereocenters. The Morgan fingerprint density at radius 3 is 1.92 bits per heavy atom. The zero-order chi connectivity index (χ0) is 26.4. The fourth-order valence-electron chi connectivity index (χ4n) is 5.01. The predicted octanol–water partition coefficient (Wildman–Crippen LogP) is 2.92. The van der Waals surface area contributed by atoms with Crippen molar-refractivity contribution in [1.29, 1.82) is 0 Å². The quantitative estimate of drug-likeness (QED) is 0.564. The number of nitrogens with zero attached hydrogens (tertiary/aromatic N) is 2. The number of nitrogens with one attached hydrogen (secondary N) is 1. The van der Waals surface area contributed by atoms with Crippen LogP contribution in [0.3, 0.4) is 0 Å². The molecule has 2 aromatic carbocycles. The molecule has 2 aliphatic heterocycles. The van der Waals surface area contributed by atoms with Gasteiger partial charge in [0.2, 0.25) is 15.9 Å². The van der Waals surface area contributed by atoms with Crippen LogP contribution >= 0.6 is 0 Å². The minimum atomic E-state index is -3.67. The van der Waals surface area contributed by atoms with Crippen LogP contribution in [0.1, 0.15) is 42.5 Å². The average Bonchev–Trinajstić information content (AvgIpc) is 2.96. The zero-order valence-electron chi connectivity index (χ0n) is 21.4. The Balaban J connectivity index is 1.48. The zero-order valence-corrected chi connectivity index (χ0v) is 22.2. The van der Waals surface area contributed by atoms with E-state index in [1.54, 1.807) is 43.5 Å². The Bertz CT molecular complexity index is 1170. The van der Waals surface area contributed by atoms with E-state index in [1.807, 2.05) is 4.90 Å². The lowest BCUT2D eigenvalue weighted by molar-refractivity contribution is -0.135. The number of likely N-dealkylation sites (tertiary alicyclic amines) is 1. The molecule has 2 aliphatic rings. The fourth-order valence-corrected chi connectivity index (χ4v) is 6.48. The Kier molecular flexibility index (Phi) is 8.71. The smallest absolute Gasteiger partial charge is 0.251 e. The van der Waals surface area contributed by atoms with Gasteiger partial charge in [0.15, 0.2) is 0 Å². The number of piperidine rings is 2. The predicted molar refractivity (Wildman–Crippen MR) is 139 cm³/mol. The van der Waals surface area contributed by atoms with Gasteiger partial charge < -0.3 is 19.7 Å². The van der Waals surface area contributed by atoms with Crippen molar-refractivity contribution in [2.75, 3.05) is 40.4 Å². The van der Waals surface area contributed by atoms with Crippen molar-refractivity contribution in [3.63, 3.8) is 0 Å². The maximum absolute atomic E-state index is 13.6. The number of benzene rings is 2. The number of carbonyl (C=O) groups excluding carboxylic acids is 2. The number of carbonyl (C=O) groups is 2. The van der Waals surface area contributed by atoms with E-state index in [4.69, 9.17) is 9.47 Å². The molecule has 200 valence electrons. The Labute approximate surface area is 218 Å². The minimum absolute atomic E-state index is 0.0852. The third kappa shape index (κ3) is 6.24. The second kappa shape index (κ2) is 12.0. The normalized spacial score (nSPS) is 18.2. The molecule has 1 N–H and O–H groups in total. The number of amides is 2. The number of hydrogen-bond acceptors (Lipinski definition) is 6. The van der Waals surface area contributed by atoms with E-state index in [0.29, 0.717) is 43.0 Å². The van der Waals surface area contributed by atoms with Gasteiger partial charge in [0.05, 0.1) is 19.1 Å². The molecular formula is C27H35N3O6S. The Morgan fingerprint density at radius 2 is 1.38 bits per heavy atom. The van der Waals surface area contributed by atoms with Crippen LogP contribution in [-0.4, -0.2) is 75.9 Å². The number of ether oxygens (including phenoxy) is 2. The second-order valence-corrected chi connectivity index (χ2v) is 11.4. The molecule has 9 nitrogen and oxygen atoms in total. The lowest BCUT2D eigenvalue weighted by Crippen LogP contribution is -2.55. The van der Waals surface area contributed by atoms with Crippen LogP contribution in [0.4, 0.5) is 0 Å². The van der Waals surface area contributed by atoms with E-state index in [2.05, 4.69) is 5.32 Å². The Morgan fingerprint density at radius 1 is 0.838 bits per heavy atom. The average molecular weight is 530 g/mol. The maximum atomic E-state index is 13.6. The molecule has 2 amide bonds. The minimum Gasteiger partial charge on any atom is -0.497 e. The molecule has 0 bridgehead atoms. The second-order valence-electron chi connectivity index (χ2n) is 9.48. The summed E-state index contributed by atoms with van der Waals surface area (Å²) in [7, 11) is -0.576. The van der Waals surface area contributed by atoms with Crippen molar-refractivity contribution in [3.05, 3.63) is 54.1 Å². The largest absolute Gasteiger partial charge is 0.497 e. The molecule has 4 rings (SSSR count). The van der Waals surface area contributed by atoms with Crippen LogP contribution in [0.15, 0.2) is 53.4 Å². The number of rotatable bonds is 8. The first-order valence-electron chi connectivity index (χ1n) is 12.7. The van der Waals surface area contributed by atoms with Gasteiger partial charge in [0.1, 0.15) is 17.5 Å². The molecule has 2 saturated heterocycles. The van der Waals surface area contributed by atoms with Gasteiger partial charge in [-0.3, -0.25) is 9.59 Å². The summed E-state index contributed by atoms with van der Waals surface area (Å²) in [6.45, 7) is 1.92.